The van der Waals surface area contributed by atoms with Gasteiger partial charge in [0.15, 0.2) is 11.1 Å². The first-order valence-electron chi connectivity index (χ1n) is 5.49. The average molecular weight is 286 g/mol. The Balaban J connectivity index is 2.52. The van der Waals surface area contributed by atoms with Gasteiger partial charge in [-0.25, -0.2) is 0 Å². The number of nitrogens with zero attached hydrogens (tertiary/aromatic N) is 2. The van der Waals surface area contributed by atoms with Gasteiger partial charge in [0.2, 0.25) is 0 Å². The van der Waals surface area contributed by atoms with Gasteiger partial charge in [-0.2, -0.15) is 0 Å². The average Bonchev–Trinajstić information content (AvgIpc) is 2.35. The number of aryl methyl sites for hydroxylation is 1. The van der Waals surface area contributed by atoms with Gasteiger partial charge < -0.3 is 11.1 Å². The van der Waals surface area contributed by atoms with Crippen molar-refractivity contribution in [3.63, 3.8) is 0 Å². The van der Waals surface area contributed by atoms with Crippen LogP contribution in [0.2, 0.25) is 5.02 Å². The maximum absolute atomic E-state index is 7.45. The van der Waals surface area contributed by atoms with Crippen molar-refractivity contribution in [2.75, 3.05) is 13.6 Å². The van der Waals surface area contributed by atoms with Crippen LogP contribution in [0.5, 0.6) is 0 Å². The Kier molecular flexibility index (Phi) is 5.80. The van der Waals surface area contributed by atoms with Crippen LogP contribution in [0.15, 0.2) is 18.3 Å². The second kappa shape index (κ2) is 7.13. The number of thiocarbonyl (C=S) groups is 1. The first-order valence-corrected chi connectivity index (χ1v) is 6.27. The fourth-order valence-electron chi connectivity index (χ4n) is 1.47. The molecule has 4 N–H and O–H groups in total. The van der Waals surface area contributed by atoms with Gasteiger partial charge in [-0.05, 0) is 37.2 Å². The number of hydrogen-bond acceptors (Lipinski definition) is 3. The van der Waals surface area contributed by atoms with Crippen LogP contribution in [-0.4, -0.2) is 34.5 Å². The van der Waals surface area contributed by atoms with Crippen LogP contribution >= 0.6 is 23.8 Å². The summed E-state index contributed by atoms with van der Waals surface area (Å²) in [5.74, 6) is -0.0681. The molecule has 1 aromatic heterocycles. The number of hydrogen-bond donors (Lipinski definition) is 3. The molecule has 0 fully saturated rings. The second-order valence-corrected chi connectivity index (χ2v) is 4.42. The number of rotatable bonds is 4. The SMILES string of the molecule is CNC(=S)N(CCCc1ncccc1Cl)C(=N)N. The van der Waals surface area contributed by atoms with Gasteiger partial charge in [0.1, 0.15) is 0 Å². The molecule has 0 radical (unpaired) electrons. The smallest absolute Gasteiger partial charge is 0.194 e. The molecule has 0 aromatic carbocycles. The summed E-state index contributed by atoms with van der Waals surface area (Å²) in [6.07, 6.45) is 3.19. The summed E-state index contributed by atoms with van der Waals surface area (Å²) in [5.41, 5.74) is 6.31. The van der Waals surface area contributed by atoms with Gasteiger partial charge >= 0.3 is 0 Å². The van der Waals surface area contributed by atoms with E-state index >= 15 is 0 Å². The lowest BCUT2D eigenvalue weighted by atomic mass is 10.2. The highest BCUT2D eigenvalue weighted by Gasteiger charge is 2.11. The maximum Gasteiger partial charge on any atom is 0.194 e. The summed E-state index contributed by atoms with van der Waals surface area (Å²) in [6.45, 7) is 0.557. The molecule has 1 rings (SSSR count). The molecule has 18 heavy (non-hydrogen) atoms. The van der Waals surface area contributed by atoms with E-state index in [-0.39, 0.29) is 5.96 Å². The Morgan fingerprint density at radius 3 is 2.94 bits per heavy atom. The third-order valence-corrected chi connectivity index (χ3v) is 3.15. The summed E-state index contributed by atoms with van der Waals surface area (Å²) in [7, 11) is 1.70. The highest BCUT2D eigenvalue weighted by Crippen LogP contribution is 2.13. The predicted octanol–water partition coefficient (Wildman–Crippen LogP) is 1.37. The van der Waals surface area contributed by atoms with Crippen molar-refractivity contribution < 1.29 is 0 Å². The Morgan fingerprint density at radius 1 is 1.67 bits per heavy atom. The van der Waals surface area contributed by atoms with Crippen LogP contribution in [0.25, 0.3) is 0 Å². The molecule has 0 saturated heterocycles. The van der Waals surface area contributed by atoms with E-state index in [1.807, 2.05) is 6.07 Å². The molecule has 0 saturated carbocycles. The highest BCUT2D eigenvalue weighted by molar-refractivity contribution is 7.80. The Bertz CT molecular complexity index is 437. The molecule has 0 spiro atoms. The van der Waals surface area contributed by atoms with E-state index in [0.717, 1.165) is 18.5 Å². The standard InChI is InChI=1S/C11H16ClN5S/c1-15-11(18)17(10(13)14)7-3-5-9-8(12)4-2-6-16-9/h2,4,6H,3,5,7H2,1H3,(H3,13,14)(H,15,18). The summed E-state index contributed by atoms with van der Waals surface area (Å²) >= 11 is 11.1. The third-order valence-electron chi connectivity index (χ3n) is 2.38. The zero-order valence-electron chi connectivity index (χ0n) is 10.1. The van der Waals surface area contributed by atoms with Gasteiger partial charge in [-0.15, -0.1) is 0 Å². The Labute approximate surface area is 117 Å². The molecule has 0 aliphatic rings. The van der Waals surface area contributed by atoms with Crippen molar-refractivity contribution in [2.24, 2.45) is 5.73 Å². The Morgan fingerprint density at radius 2 is 2.39 bits per heavy atom. The number of nitrogens with one attached hydrogen (secondary N) is 2. The molecule has 0 unspecified atom stereocenters. The van der Waals surface area contributed by atoms with Crippen molar-refractivity contribution in [2.45, 2.75) is 12.8 Å². The van der Waals surface area contributed by atoms with Gasteiger partial charge in [0.05, 0.1) is 10.7 Å². The van der Waals surface area contributed by atoms with Crippen molar-refractivity contribution in [3.05, 3.63) is 29.0 Å². The number of nitrogens with two attached hydrogens (primary N) is 1. The van der Waals surface area contributed by atoms with Crippen LogP contribution < -0.4 is 11.1 Å². The zero-order valence-corrected chi connectivity index (χ0v) is 11.7. The minimum absolute atomic E-state index is 0.0681. The van der Waals surface area contributed by atoms with Crippen molar-refractivity contribution in [1.29, 1.82) is 5.41 Å². The molecule has 0 bridgehead atoms. The van der Waals surface area contributed by atoms with E-state index in [1.165, 1.54) is 4.90 Å². The van der Waals surface area contributed by atoms with Crippen LogP contribution in [0.4, 0.5) is 0 Å². The van der Waals surface area contributed by atoms with E-state index < -0.39 is 0 Å². The molecule has 0 atom stereocenters. The lowest BCUT2D eigenvalue weighted by Crippen LogP contribution is -2.46. The topological polar surface area (TPSA) is 78.0 Å². The summed E-state index contributed by atoms with van der Waals surface area (Å²) < 4.78 is 0. The van der Waals surface area contributed by atoms with Gasteiger partial charge in [-0.3, -0.25) is 15.3 Å². The predicted molar refractivity (Wildman–Crippen MR) is 77.8 cm³/mol. The summed E-state index contributed by atoms with van der Waals surface area (Å²) in [5, 5.41) is 11.3. The minimum Gasteiger partial charge on any atom is -0.370 e. The lowest BCUT2D eigenvalue weighted by Gasteiger charge is -2.22. The molecule has 5 nitrogen and oxygen atoms in total. The lowest BCUT2D eigenvalue weighted by molar-refractivity contribution is 0.557. The third kappa shape index (κ3) is 4.12. The van der Waals surface area contributed by atoms with Crippen LogP contribution in [0, 0.1) is 5.41 Å². The normalized spacial score (nSPS) is 9.89. The quantitative estimate of drug-likeness (QED) is 0.442. The molecule has 7 heteroatoms. The summed E-state index contributed by atoms with van der Waals surface area (Å²) in [6, 6.07) is 3.61. The van der Waals surface area contributed by atoms with E-state index in [2.05, 4.69) is 10.3 Å². The number of pyridine rings is 1. The number of guanidine groups is 1. The molecule has 98 valence electrons. The van der Waals surface area contributed by atoms with E-state index in [1.54, 1.807) is 19.3 Å². The van der Waals surface area contributed by atoms with Crippen LogP contribution in [-0.2, 0) is 6.42 Å². The van der Waals surface area contributed by atoms with E-state index in [4.69, 9.17) is 35.0 Å². The molecule has 1 aromatic rings. The van der Waals surface area contributed by atoms with Crippen molar-refractivity contribution >= 4 is 34.9 Å². The fraction of sp³-hybridized carbons (Fsp3) is 0.364. The summed E-state index contributed by atoms with van der Waals surface area (Å²) in [4.78, 5) is 5.74. The van der Waals surface area contributed by atoms with Crippen LogP contribution in [0.3, 0.4) is 0 Å². The van der Waals surface area contributed by atoms with E-state index in [0.29, 0.717) is 16.7 Å². The van der Waals surface area contributed by atoms with Crippen molar-refractivity contribution in [3.8, 4) is 0 Å². The highest BCUT2D eigenvalue weighted by atomic mass is 35.5. The zero-order chi connectivity index (χ0) is 13.5. The molecule has 0 aliphatic heterocycles. The van der Waals surface area contributed by atoms with Gasteiger partial charge in [0.25, 0.3) is 0 Å². The number of halogens is 1. The van der Waals surface area contributed by atoms with Crippen LogP contribution in [0.1, 0.15) is 12.1 Å². The van der Waals surface area contributed by atoms with E-state index in [9.17, 15) is 0 Å². The molecule has 0 aliphatic carbocycles. The second-order valence-electron chi connectivity index (χ2n) is 3.63. The van der Waals surface area contributed by atoms with Gasteiger partial charge in [-0.1, -0.05) is 11.6 Å². The molecular formula is C11H16ClN5S. The maximum atomic E-state index is 7.45. The first-order chi connectivity index (χ1) is 8.56. The molecule has 1 heterocycles. The monoisotopic (exact) mass is 285 g/mol. The number of aromatic nitrogens is 1. The largest absolute Gasteiger partial charge is 0.370 e. The van der Waals surface area contributed by atoms with Gasteiger partial charge in [0, 0.05) is 19.8 Å². The Hall–Kier alpha value is -1.40. The van der Waals surface area contributed by atoms with Crippen molar-refractivity contribution in [1.82, 2.24) is 15.2 Å². The molecule has 0 amide bonds. The fourth-order valence-corrected chi connectivity index (χ4v) is 1.88. The minimum atomic E-state index is -0.0681. The molecular weight excluding hydrogens is 270 g/mol. The first kappa shape index (κ1) is 14.7.